The Balaban J connectivity index is 1.19. The minimum atomic E-state index is -0.742. The van der Waals surface area contributed by atoms with Crippen molar-refractivity contribution >= 4 is 17.4 Å². The Labute approximate surface area is 191 Å². The van der Waals surface area contributed by atoms with Gasteiger partial charge in [0.25, 0.3) is 0 Å². The van der Waals surface area contributed by atoms with Gasteiger partial charge in [0.05, 0.1) is 5.71 Å². The molecule has 1 fully saturated rings. The van der Waals surface area contributed by atoms with Gasteiger partial charge in [-0.3, -0.25) is 4.90 Å². The first-order chi connectivity index (χ1) is 15.9. The number of nitrogens with zero attached hydrogens (tertiary/aromatic N) is 3. The first kappa shape index (κ1) is 23.0. The number of halogens is 2. The number of amides is 2. The van der Waals surface area contributed by atoms with Crippen molar-refractivity contribution in [3.8, 4) is 5.75 Å². The minimum Gasteiger partial charge on any atom is -0.484 e. The van der Waals surface area contributed by atoms with Crippen molar-refractivity contribution in [1.82, 2.24) is 9.80 Å². The Hall–Kier alpha value is -3.20. The van der Waals surface area contributed by atoms with Gasteiger partial charge in [0.2, 0.25) is 0 Å². The third kappa shape index (κ3) is 5.78. The van der Waals surface area contributed by atoms with Crippen LogP contribution in [0.5, 0.6) is 5.75 Å². The maximum atomic E-state index is 13.7. The third-order valence-corrected chi connectivity index (χ3v) is 5.83. The third-order valence-electron chi connectivity index (χ3n) is 5.83. The molecule has 0 saturated carbocycles. The Morgan fingerprint density at radius 1 is 1.15 bits per heavy atom. The summed E-state index contributed by atoms with van der Waals surface area (Å²) in [5, 5.41) is 7.12. The molecular weight excluding hydrogens is 430 g/mol. The van der Waals surface area contributed by atoms with Crippen LogP contribution in [0, 0.1) is 25.5 Å². The highest BCUT2D eigenvalue weighted by Crippen LogP contribution is 2.23. The molecule has 2 aromatic carbocycles. The standard InChI is InChI=1S/C24H28F2N4O3/c1-16-6-7-17(2)22(12-16)27-24(31)30-10-8-29(9-11-30)14-18-13-19(33-28-18)15-32-23-20(25)4-3-5-21(23)26/h3-7,12,19H,8-11,13-15H2,1-2H3,(H,27,31). The quantitative estimate of drug-likeness (QED) is 0.712. The number of piperazine rings is 1. The maximum Gasteiger partial charge on any atom is 0.321 e. The Bertz CT molecular complexity index is 1020. The lowest BCUT2D eigenvalue weighted by Crippen LogP contribution is -2.51. The highest BCUT2D eigenvalue weighted by Gasteiger charge is 2.27. The maximum absolute atomic E-state index is 13.7. The summed E-state index contributed by atoms with van der Waals surface area (Å²) in [6.45, 7) is 7.28. The first-order valence-electron chi connectivity index (χ1n) is 11.0. The summed E-state index contributed by atoms with van der Waals surface area (Å²) in [5.74, 6) is -1.88. The first-order valence-corrected chi connectivity index (χ1v) is 11.0. The van der Waals surface area contributed by atoms with E-state index >= 15 is 0 Å². The van der Waals surface area contributed by atoms with Gasteiger partial charge in [-0.1, -0.05) is 23.4 Å². The molecule has 0 aromatic heterocycles. The second kappa shape index (κ2) is 10.2. The van der Waals surface area contributed by atoms with Crippen LogP contribution in [0.2, 0.25) is 0 Å². The van der Waals surface area contributed by atoms with Gasteiger partial charge in [-0.15, -0.1) is 0 Å². The number of hydrogen-bond acceptors (Lipinski definition) is 5. The number of oxime groups is 1. The van der Waals surface area contributed by atoms with Crippen molar-refractivity contribution in [1.29, 1.82) is 0 Å². The Morgan fingerprint density at radius 2 is 1.88 bits per heavy atom. The summed E-state index contributed by atoms with van der Waals surface area (Å²) in [5.41, 5.74) is 3.82. The van der Waals surface area contributed by atoms with Crippen LogP contribution < -0.4 is 10.1 Å². The zero-order chi connectivity index (χ0) is 23.4. The highest BCUT2D eigenvalue weighted by molar-refractivity contribution is 5.90. The van der Waals surface area contributed by atoms with E-state index in [4.69, 9.17) is 9.57 Å². The van der Waals surface area contributed by atoms with Gasteiger partial charge in [-0.05, 0) is 43.2 Å². The van der Waals surface area contributed by atoms with Gasteiger partial charge in [-0.25, -0.2) is 13.6 Å². The normalized spacial score (nSPS) is 18.6. The second-order valence-corrected chi connectivity index (χ2v) is 8.46. The molecule has 1 atom stereocenters. The predicted molar refractivity (Wildman–Crippen MR) is 122 cm³/mol. The average Bonchev–Trinajstić information content (AvgIpc) is 3.23. The van der Waals surface area contributed by atoms with E-state index < -0.39 is 17.4 Å². The van der Waals surface area contributed by atoms with Crippen LogP contribution in [0.25, 0.3) is 0 Å². The zero-order valence-corrected chi connectivity index (χ0v) is 18.8. The molecule has 7 nitrogen and oxygen atoms in total. The van der Waals surface area contributed by atoms with Crippen molar-refractivity contribution in [2.75, 3.05) is 44.6 Å². The van der Waals surface area contributed by atoms with Crippen LogP contribution in [-0.4, -0.2) is 67.0 Å². The van der Waals surface area contributed by atoms with Crippen LogP contribution in [0.4, 0.5) is 19.3 Å². The van der Waals surface area contributed by atoms with E-state index in [9.17, 15) is 13.6 Å². The van der Waals surface area contributed by atoms with Crippen LogP contribution in [0.3, 0.4) is 0 Å². The van der Waals surface area contributed by atoms with Gasteiger partial charge in [-0.2, -0.15) is 0 Å². The van der Waals surface area contributed by atoms with Gasteiger partial charge < -0.3 is 19.8 Å². The molecule has 4 rings (SSSR count). The molecule has 2 aliphatic rings. The lowest BCUT2D eigenvalue weighted by Gasteiger charge is -2.34. The lowest BCUT2D eigenvalue weighted by molar-refractivity contribution is 0.0446. The molecular formula is C24H28F2N4O3. The SMILES string of the molecule is Cc1ccc(C)c(NC(=O)N2CCN(CC3=NOC(COc4c(F)cccc4F)C3)CC2)c1. The second-order valence-electron chi connectivity index (χ2n) is 8.46. The number of carbonyl (C=O) groups excluding carboxylic acids is 1. The number of urea groups is 1. The predicted octanol–water partition coefficient (Wildman–Crippen LogP) is 3.96. The van der Waals surface area contributed by atoms with E-state index in [1.54, 1.807) is 0 Å². The number of rotatable bonds is 6. The monoisotopic (exact) mass is 458 g/mol. The molecule has 0 spiro atoms. The van der Waals surface area contributed by atoms with Gasteiger partial charge in [0.15, 0.2) is 23.5 Å². The fourth-order valence-electron chi connectivity index (χ4n) is 3.90. The van der Waals surface area contributed by atoms with Crippen LogP contribution >= 0.6 is 0 Å². The topological polar surface area (TPSA) is 66.4 Å². The average molecular weight is 459 g/mol. The van der Waals surface area contributed by atoms with Crippen LogP contribution in [-0.2, 0) is 4.84 Å². The smallest absolute Gasteiger partial charge is 0.321 e. The molecule has 0 aliphatic carbocycles. The van der Waals surface area contributed by atoms with Crippen molar-refractivity contribution in [3.63, 3.8) is 0 Å². The minimum absolute atomic E-state index is 0.0111. The van der Waals surface area contributed by atoms with Crippen molar-refractivity contribution < 1.29 is 23.1 Å². The van der Waals surface area contributed by atoms with Crippen LogP contribution in [0.1, 0.15) is 17.5 Å². The summed E-state index contributed by atoms with van der Waals surface area (Å²) in [4.78, 5) is 22.0. The summed E-state index contributed by atoms with van der Waals surface area (Å²) in [6, 6.07) is 9.49. The molecule has 2 amide bonds. The Kier molecular flexibility index (Phi) is 7.08. The molecule has 2 aliphatic heterocycles. The molecule has 33 heavy (non-hydrogen) atoms. The zero-order valence-electron chi connectivity index (χ0n) is 18.8. The molecule has 2 heterocycles. The number of carbonyl (C=O) groups is 1. The van der Waals surface area contributed by atoms with Crippen molar-refractivity contribution in [2.24, 2.45) is 5.16 Å². The van der Waals surface area contributed by atoms with E-state index in [1.165, 1.54) is 6.07 Å². The van der Waals surface area contributed by atoms with E-state index in [0.717, 1.165) is 47.7 Å². The van der Waals surface area contributed by atoms with E-state index in [-0.39, 0.29) is 18.7 Å². The summed E-state index contributed by atoms with van der Waals surface area (Å²) in [7, 11) is 0. The summed E-state index contributed by atoms with van der Waals surface area (Å²) < 4.78 is 32.7. The van der Waals surface area contributed by atoms with Crippen molar-refractivity contribution in [3.05, 3.63) is 59.2 Å². The van der Waals surface area contributed by atoms with Gasteiger partial charge in [0.1, 0.15) is 6.61 Å². The van der Waals surface area contributed by atoms with Crippen LogP contribution in [0.15, 0.2) is 41.6 Å². The van der Waals surface area contributed by atoms with E-state index in [0.29, 0.717) is 26.1 Å². The van der Waals surface area contributed by atoms with E-state index in [1.807, 2.05) is 36.9 Å². The number of aryl methyl sites for hydroxylation is 2. The highest BCUT2D eigenvalue weighted by atomic mass is 19.1. The number of nitrogens with one attached hydrogen (secondary N) is 1. The number of ether oxygens (including phenoxy) is 1. The Morgan fingerprint density at radius 3 is 2.61 bits per heavy atom. The number of anilines is 1. The fourth-order valence-corrected chi connectivity index (χ4v) is 3.90. The lowest BCUT2D eigenvalue weighted by atomic mass is 10.1. The molecule has 9 heteroatoms. The van der Waals surface area contributed by atoms with Gasteiger partial charge in [0, 0.05) is 44.8 Å². The van der Waals surface area contributed by atoms with Crippen molar-refractivity contribution in [2.45, 2.75) is 26.4 Å². The summed E-state index contributed by atoms with van der Waals surface area (Å²) >= 11 is 0. The molecule has 1 saturated heterocycles. The molecule has 2 aromatic rings. The number of benzene rings is 2. The summed E-state index contributed by atoms with van der Waals surface area (Å²) in [6.07, 6.45) is 0.146. The molecule has 176 valence electrons. The number of hydrogen-bond donors (Lipinski definition) is 1. The number of para-hydroxylation sites is 1. The molecule has 1 N–H and O–H groups in total. The van der Waals surface area contributed by atoms with E-state index in [2.05, 4.69) is 15.4 Å². The fraction of sp³-hybridized carbons (Fsp3) is 0.417. The molecule has 0 radical (unpaired) electrons. The van der Waals surface area contributed by atoms with Gasteiger partial charge >= 0.3 is 6.03 Å². The molecule has 0 bridgehead atoms. The largest absolute Gasteiger partial charge is 0.484 e. The molecule has 1 unspecified atom stereocenters.